The number of benzene rings is 3. The Labute approximate surface area is 200 Å². The van der Waals surface area contributed by atoms with Crippen LogP contribution in [0.25, 0.3) is 0 Å². The number of amides is 1. The number of rotatable bonds is 7. The van der Waals surface area contributed by atoms with E-state index >= 15 is 0 Å². The highest BCUT2D eigenvalue weighted by Crippen LogP contribution is 2.36. The summed E-state index contributed by atoms with van der Waals surface area (Å²) in [6.45, 7) is 2.68. The number of nitrogens with one attached hydrogen (secondary N) is 2. The number of sulfonamides is 1. The van der Waals surface area contributed by atoms with Gasteiger partial charge in [0.05, 0.1) is 23.1 Å². The van der Waals surface area contributed by atoms with Crippen LogP contribution in [0.4, 0.5) is 11.4 Å². The van der Waals surface area contributed by atoms with E-state index in [1.807, 2.05) is 30.3 Å². The summed E-state index contributed by atoms with van der Waals surface area (Å²) in [7, 11) is -2.45. The van der Waals surface area contributed by atoms with E-state index in [4.69, 9.17) is 9.47 Å². The van der Waals surface area contributed by atoms with Crippen molar-refractivity contribution in [1.82, 2.24) is 0 Å². The van der Waals surface area contributed by atoms with Gasteiger partial charge in [-0.05, 0) is 55.2 Å². The van der Waals surface area contributed by atoms with E-state index in [0.717, 1.165) is 5.56 Å². The lowest BCUT2D eigenvalue weighted by molar-refractivity contribution is -0.125. The van der Waals surface area contributed by atoms with Crippen LogP contribution in [0.15, 0.2) is 77.7 Å². The third-order valence-electron chi connectivity index (χ3n) is 6.19. The van der Waals surface area contributed by atoms with E-state index in [1.165, 1.54) is 13.2 Å². The fourth-order valence-electron chi connectivity index (χ4n) is 4.27. The molecular weight excluding hydrogens is 452 g/mol. The third-order valence-corrected chi connectivity index (χ3v) is 7.70. The van der Waals surface area contributed by atoms with Gasteiger partial charge < -0.3 is 14.8 Å². The zero-order valence-electron chi connectivity index (χ0n) is 19.2. The summed E-state index contributed by atoms with van der Waals surface area (Å²) in [6, 6.07) is 21.3. The number of hydrogen-bond acceptors (Lipinski definition) is 5. The Kier molecular flexibility index (Phi) is 6.90. The van der Waals surface area contributed by atoms with Gasteiger partial charge in [0.15, 0.2) is 0 Å². The van der Waals surface area contributed by atoms with Gasteiger partial charge in [-0.1, -0.05) is 48.5 Å². The number of methoxy groups -OCH3 is 1. The van der Waals surface area contributed by atoms with Crippen LogP contribution < -0.4 is 14.8 Å². The van der Waals surface area contributed by atoms with Crippen LogP contribution in [-0.4, -0.2) is 34.6 Å². The maximum Gasteiger partial charge on any atom is 0.262 e. The Hall–Kier alpha value is -3.36. The van der Waals surface area contributed by atoms with Crippen LogP contribution in [0.3, 0.4) is 0 Å². The number of hydrogen-bond donors (Lipinski definition) is 2. The molecule has 1 saturated heterocycles. The summed E-state index contributed by atoms with van der Waals surface area (Å²) >= 11 is 0. The zero-order chi connectivity index (χ0) is 24.2. The molecule has 1 aliphatic rings. The summed E-state index contributed by atoms with van der Waals surface area (Å²) in [6.07, 6.45) is 1.10. The molecule has 0 unspecified atom stereocenters. The van der Waals surface area contributed by atoms with Gasteiger partial charge in [-0.15, -0.1) is 0 Å². The Morgan fingerprint density at radius 3 is 2.35 bits per heavy atom. The molecule has 1 amide bonds. The van der Waals surface area contributed by atoms with Crippen LogP contribution in [-0.2, 0) is 25.0 Å². The molecule has 3 aromatic carbocycles. The summed E-state index contributed by atoms with van der Waals surface area (Å²) in [5.74, 6) is 0.240. The molecule has 0 radical (unpaired) electrons. The van der Waals surface area contributed by atoms with Crippen LogP contribution in [0, 0.1) is 6.92 Å². The molecule has 0 atom stereocenters. The van der Waals surface area contributed by atoms with Crippen LogP contribution in [0.2, 0.25) is 0 Å². The Balaban J connectivity index is 1.63. The monoisotopic (exact) mass is 480 g/mol. The van der Waals surface area contributed by atoms with Crippen molar-refractivity contribution in [2.24, 2.45) is 0 Å². The first-order chi connectivity index (χ1) is 16.4. The molecule has 0 aromatic heterocycles. The molecule has 178 valence electrons. The predicted octanol–water partition coefficient (Wildman–Crippen LogP) is 4.49. The average Bonchev–Trinajstić information content (AvgIpc) is 2.86. The molecular formula is C26H28N2O5S. The Morgan fingerprint density at radius 1 is 0.971 bits per heavy atom. The number of carbonyl (C=O) groups excluding carboxylic acids is 1. The molecule has 1 heterocycles. The zero-order valence-corrected chi connectivity index (χ0v) is 20.0. The normalized spacial score (nSPS) is 15.4. The van der Waals surface area contributed by atoms with Crippen molar-refractivity contribution in [3.05, 3.63) is 83.9 Å². The number of aryl methyl sites for hydroxylation is 1. The van der Waals surface area contributed by atoms with Gasteiger partial charge in [-0.3, -0.25) is 9.52 Å². The lowest BCUT2D eigenvalue weighted by Crippen LogP contribution is -2.44. The van der Waals surface area contributed by atoms with Gasteiger partial charge in [0.1, 0.15) is 5.75 Å². The van der Waals surface area contributed by atoms with Crippen LogP contribution >= 0.6 is 0 Å². The van der Waals surface area contributed by atoms with Crippen LogP contribution in [0.1, 0.15) is 24.0 Å². The van der Waals surface area contributed by atoms with Gasteiger partial charge in [-0.2, -0.15) is 0 Å². The van der Waals surface area contributed by atoms with Gasteiger partial charge >= 0.3 is 0 Å². The van der Waals surface area contributed by atoms with E-state index < -0.39 is 15.4 Å². The third kappa shape index (κ3) is 4.78. The fourth-order valence-corrected chi connectivity index (χ4v) is 5.61. The molecule has 34 heavy (non-hydrogen) atoms. The lowest BCUT2D eigenvalue weighted by Gasteiger charge is -2.36. The molecule has 2 N–H and O–H groups in total. The summed E-state index contributed by atoms with van der Waals surface area (Å²) in [5.41, 5.74) is 1.50. The average molecular weight is 481 g/mol. The Morgan fingerprint density at radius 2 is 1.65 bits per heavy atom. The molecule has 0 aliphatic carbocycles. The van der Waals surface area contributed by atoms with Crippen molar-refractivity contribution in [2.45, 2.75) is 30.1 Å². The maximum absolute atomic E-state index is 13.6. The molecule has 1 aliphatic heterocycles. The molecule has 0 spiro atoms. The van der Waals surface area contributed by atoms with Crippen molar-refractivity contribution in [1.29, 1.82) is 0 Å². The van der Waals surface area contributed by atoms with Crippen molar-refractivity contribution < 1.29 is 22.7 Å². The van der Waals surface area contributed by atoms with Crippen molar-refractivity contribution in [2.75, 3.05) is 30.4 Å². The van der Waals surface area contributed by atoms with Gasteiger partial charge in [-0.25, -0.2) is 8.42 Å². The lowest BCUT2D eigenvalue weighted by atomic mass is 9.73. The number of anilines is 2. The second-order valence-corrected chi connectivity index (χ2v) is 9.95. The van der Waals surface area contributed by atoms with Gasteiger partial charge in [0.2, 0.25) is 5.91 Å². The molecule has 8 heteroatoms. The second kappa shape index (κ2) is 9.87. The molecule has 3 aromatic rings. The maximum atomic E-state index is 13.6. The van der Waals surface area contributed by atoms with E-state index in [1.54, 1.807) is 43.3 Å². The van der Waals surface area contributed by atoms with Crippen molar-refractivity contribution >= 4 is 27.3 Å². The minimum atomic E-state index is -3.93. The largest absolute Gasteiger partial charge is 0.495 e. The number of carbonyl (C=O) groups is 1. The smallest absolute Gasteiger partial charge is 0.262 e. The standard InChI is InChI=1S/C26H28N2O5S/c1-19-12-13-21(18-24(19)34(30,31)28-22-10-6-7-11-23(22)32-2)27-25(29)26(14-16-33-17-15-26)20-8-4-3-5-9-20/h3-13,18,28H,14-17H2,1-2H3,(H,27,29). The van der Waals surface area contributed by atoms with Crippen molar-refractivity contribution in [3.8, 4) is 5.75 Å². The molecule has 0 saturated carbocycles. The number of ether oxygens (including phenoxy) is 2. The van der Waals surface area contributed by atoms with Gasteiger partial charge in [0.25, 0.3) is 10.0 Å². The highest BCUT2D eigenvalue weighted by molar-refractivity contribution is 7.92. The summed E-state index contributed by atoms with van der Waals surface area (Å²) in [5, 5.41) is 2.97. The van der Waals surface area contributed by atoms with Crippen LogP contribution in [0.5, 0.6) is 5.75 Å². The highest BCUT2D eigenvalue weighted by Gasteiger charge is 2.41. The number of para-hydroxylation sites is 2. The minimum absolute atomic E-state index is 0.0805. The summed E-state index contributed by atoms with van der Waals surface area (Å²) in [4.78, 5) is 13.6. The molecule has 7 nitrogen and oxygen atoms in total. The first kappa shape index (κ1) is 23.8. The first-order valence-corrected chi connectivity index (χ1v) is 12.6. The fraction of sp³-hybridized carbons (Fsp3) is 0.269. The van der Waals surface area contributed by atoms with Gasteiger partial charge in [0, 0.05) is 18.9 Å². The van der Waals surface area contributed by atoms with E-state index in [9.17, 15) is 13.2 Å². The van der Waals surface area contributed by atoms with E-state index in [2.05, 4.69) is 10.0 Å². The SMILES string of the molecule is COc1ccccc1NS(=O)(=O)c1cc(NC(=O)C2(c3ccccc3)CCOCC2)ccc1C. The van der Waals surface area contributed by atoms with E-state index in [-0.39, 0.29) is 10.8 Å². The van der Waals surface area contributed by atoms with E-state index in [0.29, 0.717) is 48.7 Å². The molecule has 0 bridgehead atoms. The Bertz CT molecular complexity index is 1270. The second-order valence-electron chi connectivity index (χ2n) is 8.30. The first-order valence-electron chi connectivity index (χ1n) is 11.1. The summed E-state index contributed by atoms with van der Waals surface area (Å²) < 4.78 is 39.8. The molecule has 4 rings (SSSR count). The minimum Gasteiger partial charge on any atom is -0.495 e. The predicted molar refractivity (Wildman–Crippen MR) is 132 cm³/mol. The topological polar surface area (TPSA) is 93.7 Å². The highest BCUT2D eigenvalue weighted by atomic mass is 32.2. The van der Waals surface area contributed by atoms with Crippen molar-refractivity contribution in [3.63, 3.8) is 0 Å². The molecule has 1 fully saturated rings. The quantitative estimate of drug-likeness (QED) is 0.520.